The predicted octanol–water partition coefficient (Wildman–Crippen LogP) is 3.16. The van der Waals surface area contributed by atoms with Crippen LogP contribution < -0.4 is 10.5 Å². The molecule has 6 heteroatoms. The molecular formula is C16H14ClN3O2. The average Bonchev–Trinajstić information content (AvgIpc) is 2.84. The van der Waals surface area contributed by atoms with Crippen LogP contribution in [-0.4, -0.2) is 22.8 Å². The van der Waals surface area contributed by atoms with Gasteiger partial charge < -0.3 is 10.5 Å². The normalized spacial score (nSPS) is 10.8. The second kappa shape index (κ2) is 5.69. The minimum atomic E-state index is -0.172. The lowest BCUT2D eigenvalue weighted by atomic mass is 10.1. The monoisotopic (exact) mass is 315 g/mol. The fourth-order valence-corrected chi connectivity index (χ4v) is 2.55. The first-order valence-corrected chi connectivity index (χ1v) is 7.06. The maximum atomic E-state index is 12.5. The number of benzene rings is 2. The number of nitrogen functional groups attached to an aromatic ring is 1. The molecule has 1 heterocycles. The summed E-state index contributed by atoms with van der Waals surface area (Å²) in [6, 6.07) is 12.5. The molecule has 2 N–H and O–H groups in total. The van der Waals surface area contributed by atoms with E-state index in [0.29, 0.717) is 27.5 Å². The number of anilines is 1. The van der Waals surface area contributed by atoms with E-state index in [1.54, 1.807) is 37.4 Å². The number of aromatic nitrogens is 2. The maximum absolute atomic E-state index is 12.5. The summed E-state index contributed by atoms with van der Waals surface area (Å²) in [6.45, 7) is 0. The first kappa shape index (κ1) is 14.4. The summed E-state index contributed by atoms with van der Waals surface area (Å²) in [7, 11) is 1.58. The van der Waals surface area contributed by atoms with E-state index in [0.717, 1.165) is 5.56 Å². The first-order chi connectivity index (χ1) is 10.6. The Bertz CT molecular complexity index is 858. The van der Waals surface area contributed by atoms with Gasteiger partial charge in [0.1, 0.15) is 5.75 Å². The third-order valence-electron chi connectivity index (χ3n) is 3.40. The number of nitrogens with zero attached hydrogens (tertiary/aromatic N) is 2. The van der Waals surface area contributed by atoms with Crippen LogP contribution >= 0.6 is 11.6 Å². The topological polar surface area (TPSA) is 70.1 Å². The molecule has 0 saturated heterocycles. The molecule has 0 atom stereocenters. The first-order valence-electron chi connectivity index (χ1n) is 6.68. The molecule has 0 radical (unpaired) electrons. The van der Waals surface area contributed by atoms with Gasteiger partial charge in [-0.05, 0) is 35.9 Å². The molecule has 0 aliphatic rings. The molecule has 0 unspecified atom stereocenters. The highest BCUT2D eigenvalue weighted by molar-refractivity contribution is 6.30. The smallest absolute Gasteiger partial charge is 0.251 e. The number of hydrogen-bond acceptors (Lipinski definition) is 4. The molecule has 0 fully saturated rings. The summed E-state index contributed by atoms with van der Waals surface area (Å²) in [4.78, 5) is 12.5. The van der Waals surface area contributed by atoms with E-state index >= 15 is 0 Å². The predicted molar refractivity (Wildman–Crippen MR) is 86.5 cm³/mol. The summed E-state index contributed by atoms with van der Waals surface area (Å²) >= 11 is 5.94. The summed E-state index contributed by atoms with van der Waals surface area (Å²) in [5, 5.41) is 5.43. The highest BCUT2D eigenvalue weighted by atomic mass is 35.5. The Hall–Kier alpha value is -2.53. The van der Waals surface area contributed by atoms with Gasteiger partial charge >= 0.3 is 0 Å². The third-order valence-corrected chi connectivity index (χ3v) is 3.63. The number of carbonyl (C=O) groups excluding carboxylic acids is 1. The number of ether oxygens (including phenoxy) is 1. The molecule has 3 aromatic rings. The molecule has 2 aromatic carbocycles. The Morgan fingerprint density at radius 2 is 2.14 bits per heavy atom. The van der Waals surface area contributed by atoms with Crippen molar-refractivity contribution >= 4 is 34.2 Å². The molecule has 3 rings (SSSR count). The number of methoxy groups -OCH3 is 1. The van der Waals surface area contributed by atoms with Crippen LogP contribution in [0.1, 0.15) is 10.4 Å². The lowest BCUT2D eigenvalue weighted by Crippen LogP contribution is -2.15. The molecule has 1 aromatic heterocycles. The van der Waals surface area contributed by atoms with Crippen molar-refractivity contribution in [2.24, 2.45) is 0 Å². The molecule has 0 spiro atoms. The Kier molecular flexibility index (Phi) is 3.73. The number of nitrogens with two attached hydrogens (primary N) is 1. The molecule has 112 valence electrons. The molecule has 0 saturated carbocycles. The van der Waals surface area contributed by atoms with Crippen LogP contribution in [0.3, 0.4) is 0 Å². The Morgan fingerprint density at radius 1 is 1.32 bits per heavy atom. The van der Waals surface area contributed by atoms with Crippen LogP contribution in [0.5, 0.6) is 5.75 Å². The highest BCUT2D eigenvalue weighted by Crippen LogP contribution is 2.25. The summed E-state index contributed by atoms with van der Waals surface area (Å²) in [6.07, 6.45) is 0.197. The van der Waals surface area contributed by atoms with Crippen molar-refractivity contribution in [3.05, 3.63) is 53.1 Å². The van der Waals surface area contributed by atoms with Gasteiger partial charge in [0.25, 0.3) is 5.91 Å². The Balaban J connectivity index is 1.97. The second-order valence-electron chi connectivity index (χ2n) is 4.88. The van der Waals surface area contributed by atoms with Crippen LogP contribution in [-0.2, 0) is 6.42 Å². The van der Waals surface area contributed by atoms with Gasteiger partial charge in [0.2, 0.25) is 0 Å². The summed E-state index contributed by atoms with van der Waals surface area (Å²) in [5.74, 6) is 0.795. The molecular weight excluding hydrogens is 302 g/mol. The third kappa shape index (κ3) is 2.63. The SMILES string of the molecule is COc1ccc2c(c1)c(N)nn2C(=O)Cc1cccc(Cl)c1. The number of carbonyl (C=O) groups is 1. The van der Waals surface area contributed by atoms with E-state index in [1.807, 2.05) is 12.1 Å². The van der Waals surface area contributed by atoms with E-state index in [4.69, 9.17) is 22.1 Å². The van der Waals surface area contributed by atoms with E-state index in [2.05, 4.69) is 5.10 Å². The van der Waals surface area contributed by atoms with Crippen molar-refractivity contribution in [1.82, 2.24) is 9.78 Å². The number of halogens is 1. The number of rotatable bonds is 3. The van der Waals surface area contributed by atoms with Gasteiger partial charge in [-0.15, -0.1) is 5.10 Å². The van der Waals surface area contributed by atoms with Crippen molar-refractivity contribution in [2.75, 3.05) is 12.8 Å². The average molecular weight is 316 g/mol. The van der Waals surface area contributed by atoms with Gasteiger partial charge in [0.05, 0.1) is 19.0 Å². The quantitative estimate of drug-likeness (QED) is 0.806. The van der Waals surface area contributed by atoms with Gasteiger partial charge in [-0.2, -0.15) is 4.68 Å². The Morgan fingerprint density at radius 3 is 2.86 bits per heavy atom. The fraction of sp³-hybridized carbons (Fsp3) is 0.125. The fourth-order valence-electron chi connectivity index (χ4n) is 2.33. The standard InChI is InChI=1S/C16H14ClN3O2/c1-22-12-5-6-14-13(9-12)16(18)19-20(14)15(21)8-10-3-2-4-11(17)7-10/h2-7,9H,8H2,1H3,(H2,18,19). The molecule has 0 bridgehead atoms. The van der Waals surface area contributed by atoms with Gasteiger partial charge in [0.15, 0.2) is 5.82 Å². The zero-order chi connectivity index (χ0) is 15.7. The van der Waals surface area contributed by atoms with Crippen molar-refractivity contribution < 1.29 is 9.53 Å². The van der Waals surface area contributed by atoms with Crippen LogP contribution in [0.2, 0.25) is 5.02 Å². The lowest BCUT2D eigenvalue weighted by Gasteiger charge is -2.04. The van der Waals surface area contributed by atoms with Gasteiger partial charge in [-0.3, -0.25) is 4.79 Å². The maximum Gasteiger partial charge on any atom is 0.251 e. The minimum absolute atomic E-state index is 0.172. The zero-order valence-electron chi connectivity index (χ0n) is 11.9. The minimum Gasteiger partial charge on any atom is -0.497 e. The van der Waals surface area contributed by atoms with Crippen LogP contribution in [0.25, 0.3) is 10.9 Å². The molecule has 0 aliphatic carbocycles. The van der Waals surface area contributed by atoms with E-state index < -0.39 is 0 Å². The lowest BCUT2D eigenvalue weighted by molar-refractivity contribution is 0.0904. The summed E-state index contributed by atoms with van der Waals surface area (Å²) in [5.41, 5.74) is 7.38. The largest absolute Gasteiger partial charge is 0.497 e. The van der Waals surface area contributed by atoms with Crippen LogP contribution in [0, 0.1) is 0 Å². The molecule has 0 aliphatic heterocycles. The Labute approximate surface area is 132 Å². The van der Waals surface area contributed by atoms with Gasteiger partial charge in [-0.25, -0.2) is 0 Å². The van der Waals surface area contributed by atoms with Gasteiger partial charge in [0, 0.05) is 10.4 Å². The van der Waals surface area contributed by atoms with Gasteiger partial charge in [-0.1, -0.05) is 23.7 Å². The molecule has 22 heavy (non-hydrogen) atoms. The number of fused-ring (bicyclic) bond motifs is 1. The molecule has 0 amide bonds. The van der Waals surface area contributed by atoms with Crippen LogP contribution in [0.15, 0.2) is 42.5 Å². The van der Waals surface area contributed by atoms with E-state index in [9.17, 15) is 4.79 Å². The second-order valence-corrected chi connectivity index (χ2v) is 5.32. The van der Waals surface area contributed by atoms with Crippen molar-refractivity contribution in [3.63, 3.8) is 0 Å². The zero-order valence-corrected chi connectivity index (χ0v) is 12.7. The summed E-state index contributed by atoms with van der Waals surface area (Å²) < 4.78 is 6.49. The number of hydrogen-bond donors (Lipinski definition) is 1. The van der Waals surface area contributed by atoms with Crippen molar-refractivity contribution in [1.29, 1.82) is 0 Å². The molecule has 5 nitrogen and oxygen atoms in total. The van der Waals surface area contributed by atoms with Crippen LogP contribution in [0.4, 0.5) is 5.82 Å². The van der Waals surface area contributed by atoms with Crippen molar-refractivity contribution in [2.45, 2.75) is 6.42 Å². The van der Waals surface area contributed by atoms with Crippen molar-refractivity contribution in [3.8, 4) is 5.75 Å². The van der Waals surface area contributed by atoms with E-state index in [-0.39, 0.29) is 12.3 Å². The highest BCUT2D eigenvalue weighted by Gasteiger charge is 2.15. The van der Waals surface area contributed by atoms with E-state index in [1.165, 1.54) is 4.68 Å².